The van der Waals surface area contributed by atoms with Gasteiger partial charge in [-0.15, -0.1) is 0 Å². The molecule has 0 radical (unpaired) electrons. The number of hydrogen-bond donors (Lipinski definition) is 3. The first-order valence-electron chi connectivity index (χ1n) is 5.57. The Kier molecular flexibility index (Phi) is 3.51. The van der Waals surface area contributed by atoms with Crippen LogP contribution in [0.3, 0.4) is 0 Å². The lowest BCUT2D eigenvalue weighted by Crippen LogP contribution is -2.14. The first kappa shape index (κ1) is 12.7. The van der Waals surface area contributed by atoms with E-state index < -0.39 is 5.91 Å². The Morgan fingerprint density at radius 2 is 2.11 bits per heavy atom. The van der Waals surface area contributed by atoms with Crippen LogP contribution in [0, 0.1) is 0 Å². The van der Waals surface area contributed by atoms with Crippen molar-refractivity contribution in [2.45, 2.75) is 0 Å². The Hall–Kier alpha value is -2.76. The zero-order chi connectivity index (χ0) is 13.8. The summed E-state index contributed by atoms with van der Waals surface area (Å²) in [5.74, 6) is 0.480. The third-order valence-corrected chi connectivity index (χ3v) is 2.51. The van der Waals surface area contributed by atoms with Gasteiger partial charge in [-0.1, -0.05) is 6.07 Å². The van der Waals surface area contributed by atoms with Crippen LogP contribution >= 0.6 is 0 Å². The SMILES string of the molecule is COc1cccc(Nc2nc(C(N)=O)ccc2N)c1. The summed E-state index contributed by atoms with van der Waals surface area (Å²) in [7, 11) is 1.58. The molecule has 19 heavy (non-hydrogen) atoms. The van der Waals surface area contributed by atoms with Gasteiger partial charge in [0.05, 0.1) is 12.8 Å². The smallest absolute Gasteiger partial charge is 0.267 e. The number of methoxy groups -OCH3 is 1. The Bertz CT molecular complexity index is 613. The number of aromatic nitrogens is 1. The zero-order valence-electron chi connectivity index (χ0n) is 10.4. The molecule has 0 saturated carbocycles. The van der Waals surface area contributed by atoms with Crippen molar-refractivity contribution in [3.63, 3.8) is 0 Å². The van der Waals surface area contributed by atoms with Crippen LogP contribution in [-0.4, -0.2) is 18.0 Å². The molecular formula is C13H14N4O2. The molecule has 6 heteroatoms. The number of nitrogens with zero attached hydrogens (tertiary/aromatic N) is 1. The van der Waals surface area contributed by atoms with Crippen LogP contribution in [0.25, 0.3) is 0 Å². The van der Waals surface area contributed by atoms with Crippen LogP contribution in [0.2, 0.25) is 0 Å². The Balaban J connectivity index is 2.31. The van der Waals surface area contributed by atoms with Crippen molar-refractivity contribution in [3.8, 4) is 5.75 Å². The van der Waals surface area contributed by atoms with Crippen molar-refractivity contribution in [2.75, 3.05) is 18.2 Å². The highest BCUT2D eigenvalue weighted by molar-refractivity contribution is 5.92. The fourth-order valence-electron chi connectivity index (χ4n) is 1.54. The lowest BCUT2D eigenvalue weighted by Gasteiger charge is -2.10. The number of anilines is 3. The van der Waals surface area contributed by atoms with E-state index in [9.17, 15) is 4.79 Å². The summed E-state index contributed by atoms with van der Waals surface area (Å²) in [6.07, 6.45) is 0. The fraction of sp³-hybridized carbons (Fsp3) is 0.0769. The Labute approximate surface area is 110 Å². The number of carbonyl (C=O) groups is 1. The predicted molar refractivity (Wildman–Crippen MR) is 73.4 cm³/mol. The van der Waals surface area contributed by atoms with Gasteiger partial charge in [0, 0.05) is 11.8 Å². The summed E-state index contributed by atoms with van der Waals surface area (Å²) in [6.45, 7) is 0. The Morgan fingerprint density at radius 1 is 1.32 bits per heavy atom. The highest BCUT2D eigenvalue weighted by Crippen LogP contribution is 2.23. The van der Waals surface area contributed by atoms with Gasteiger partial charge >= 0.3 is 0 Å². The number of pyridine rings is 1. The molecule has 0 aliphatic rings. The molecule has 0 unspecified atom stereocenters. The summed E-state index contributed by atoms with van der Waals surface area (Å²) < 4.78 is 5.12. The van der Waals surface area contributed by atoms with Gasteiger partial charge in [-0.3, -0.25) is 4.79 Å². The topological polar surface area (TPSA) is 103 Å². The van der Waals surface area contributed by atoms with E-state index in [1.54, 1.807) is 19.2 Å². The number of amides is 1. The maximum atomic E-state index is 11.1. The average molecular weight is 258 g/mol. The molecule has 0 atom stereocenters. The second kappa shape index (κ2) is 5.26. The van der Waals surface area contributed by atoms with Gasteiger partial charge in [0.15, 0.2) is 5.82 Å². The number of carbonyl (C=O) groups excluding carboxylic acids is 1. The number of hydrogen-bond acceptors (Lipinski definition) is 5. The standard InChI is InChI=1S/C13H14N4O2/c1-19-9-4-2-3-8(7-9)16-13-10(14)5-6-11(17-13)12(15)18/h2-7H,14H2,1H3,(H2,15,18)(H,16,17). The van der Waals surface area contributed by atoms with Crippen molar-refractivity contribution in [1.29, 1.82) is 0 Å². The molecule has 5 N–H and O–H groups in total. The minimum atomic E-state index is -0.603. The van der Waals surface area contributed by atoms with Gasteiger partial charge in [-0.25, -0.2) is 4.98 Å². The third kappa shape index (κ3) is 2.92. The van der Waals surface area contributed by atoms with E-state index in [0.717, 1.165) is 5.69 Å². The minimum Gasteiger partial charge on any atom is -0.497 e. The van der Waals surface area contributed by atoms with Crippen LogP contribution in [0.4, 0.5) is 17.2 Å². The quantitative estimate of drug-likeness (QED) is 0.771. The highest BCUT2D eigenvalue weighted by Gasteiger charge is 2.07. The molecule has 1 aromatic carbocycles. The summed E-state index contributed by atoms with van der Waals surface area (Å²) in [5, 5.41) is 3.02. The van der Waals surface area contributed by atoms with Crippen molar-refractivity contribution in [1.82, 2.24) is 4.98 Å². The van der Waals surface area contributed by atoms with Gasteiger partial charge in [-0.05, 0) is 24.3 Å². The monoisotopic (exact) mass is 258 g/mol. The molecule has 0 bridgehead atoms. The molecule has 0 fully saturated rings. The molecule has 1 heterocycles. The average Bonchev–Trinajstić information content (AvgIpc) is 2.41. The molecule has 0 aliphatic heterocycles. The molecule has 1 amide bonds. The fourth-order valence-corrected chi connectivity index (χ4v) is 1.54. The van der Waals surface area contributed by atoms with E-state index in [0.29, 0.717) is 17.3 Å². The number of nitrogen functional groups attached to an aromatic ring is 1. The number of rotatable bonds is 4. The molecule has 1 aromatic heterocycles. The van der Waals surface area contributed by atoms with Crippen LogP contribution < -0.4 is 21.5 Å². The van der Waals surface area contributed by atoms with Gasteiger partial charge < -0.3 is 21.5 Å². The van der Waals surface area contributed by atoms with Crippen molar-refractivity contribution < 1.29 is 9.53 Å². The van der Waals surface area contributed by atoms with Crippen LogP contribution in [0.1, 0.15) is 10.5 Å². The molecule has 2 aromatic rings. The lowest BCUT2D eigenvalue weighted by atomic mass is 10.2. The maximum Gasteiger partial charge on any atom is 0.267 e. The van der Waals surface area contributed by atoms with E-state index in [1.807, 2.05) is 18.2 Å². The number of nitrogens with one attached hydrogen (secondary N) is 1. The predicted octanol–water partition coefficient (Wildman–Crippen LogP) is 1.51. The first-order chi connectivity index (χ1) is 9.10. The van der Waals surface area contributed by atoms with Gasteiger partial charge in [0.2, 0.25) is 0 Å². The first-order valence-corrected chi connectivity index (χ1v) is 5.57. The van der Waals surface area contributed by atoms with E-state index in [4.69, 9.17) is 16.2 Å². The molecule has 0 aliphatic carbocycles. The molecule has 6 nitrogen and oxygen atoms in total. The van der Waals surface area contributed by atoms with Crippen LogP contribution in [0.15, 0.2) is 36.4 Å². The zero-order valence-corrected chi connectivity index (χ0v) is 10.4. The summed E-state index contributed by atoms with van der Waals surface area (Å²) >= 11 is 0. The third-order valence-electron chi connectivity index (χ3n) is 2.51. The van der Waals surface area contributed by atoms with E-state index >= 15 is 0 Å². The van der Waals surface area contributed by atoms with Crippen molar-refractivity contribution in [2.24, 2.45) is 5.73 Å². The molecular weight excluding hydrogens is 244 g/mol. The number of nitrogens with two attached hydrogens (primary N) is 2. The van der Waals surface area contributed by atoms with E-state index in [-0.39, 0.29) is 5.69 Å². The van der Waals surface area contributed by atoms with Crippen LogP contribution in [0.5, 0.6) is 5.75 Å². The van der Waals surface area contributed by atoms with Gasteiger partial charge in [0.25, 0.3) is 5.91 Å². The number of ether oxygens (including phenoxy) is 1. The molecule has 98 valence electrons. The van der Waals surface area contributed by atoms with E-state index in [2.05, 4.69) is 10.3 Å². The summed E-state index contributed by atoms with van der Waals surface area (Å²) in [5.41, 5.74) is 12.3. The van der Waals surface area contributed by atoms with Gasteiger partial charge in [-0.2, -0.15) is 0 Å². The van der Waals surface area contributed by atoms with Crippen molar-refractivity contribution >= 4 is 23.1 Å². The van der Waals surface area contributed by atoms with Gasteiger partial charge in [0.1, 0.15) is 11.4 Å². The minimum absolute atomic E-state index is 0.152. The second-order valence-electron chi connectivity index (χ2n) is 3.86. The Morgan fingerprint density at radius 3 is 2.79 bits per heavy atom. The normalized spacial score (nSPS) is 9.95. The molecule has 0 spiro atoms. The summed E-state index contributed by atoms with van der Waals surface area (Å²) in [6, 6.07) is 10.3. The van der Waals surface area contributed by atoms with Crippen LogP contribution in [-0.2, 0) is 0 Å². The largest absolute Gasteiger partial charge is 0.497 e. The number of primary amides is 1. The molecule has 2 rings (SSSR count). The highest BCUT2D eigenvalue weighted by atomic mass is 16.5. The maximum absolute atomic E-state index is 11.1. The summed E-state index contributed by atoms with van der Waals surface area (Å²) in [4.78, 5) is 15.2. The lowest BCUT2D eigenvalue weighted by molar-refractivity contribution is 0.0996. The molecule has 0 saturated heterocycles. The second-order valence-corrected chi connectivity index (χ2v) is 3.86. The van der Waals surface area contributed by atoms with E-state index in [1.165, 1.54) is 6.07 Å². The van der Waals surface area contributed by atoms with Crippen molar-refractivity contribution in [3.05, 3.63) is 42.1 Å². The number of benzene rings is 1.